The summed E-state index contributed by atoms with van der Waals surface area (Å²) in [6, 6.07) is 4.91. The van der Waals surface area contributed by atoms with Crippen molar-refractivity contribution in [2.24, 2.45) is 0 Å². The molecule has 152 valence electrons. The highest BCUT2D eigenvalue weighted by Gasteiger charge is 2.28. The first-order chi connectivity index (χ1) is 13.8. The Morgan fingerprint density at radius 1 is 1.24 bits per heavy atom. The van der Waals surface area contributed by atoms with Gasteiger partial charge in [0.05, 0.1) is 11.4 Å². The first kappa shape index (κ1) is 20.3. The quantitative estimate of drug-likeness (QED) is 0.622. The second kappa shape index (κ2) is 8.29. The molecule has 10 heteroatoms. The Labute approximate surface area is 166 Å². The molecule has 8 nitrogen and oxygen atoms in total. The Morgan fingerprint density at radius 2 is 2.03 bits per heavy atom. The summed E-state index contributed by atoms with van der Waals surface area (Å²) < 4.78 is 29.0. The maximum absolute atomic E-state index is 13.6. The Bertz CT molecular complexity index is 1010. The molecule has 0 spiro atoms. The summed E-state index contributed by atoms with van der Waals surface area (Å²) in [6.07, 6.45) is 5.60. The molecule has 0 saturated heterocycles. The van der Waals surface area contributed by atoms with E-state index < -0.39 is 11.7 Å². The topological polar surface area (TPSA) is 97.6 Å². The number of alkyl halides is 2. The van der Waals surface area contributed by atoms with Crippen LogP contribution in [0.5, 0.6) is 0 Å². The maximum Gasteiger partial charge on any atom is 0.303 e. The molecule has 0 fully saturated rings. The van der Waals surface area contributed by atoms with Crippen molar-refractivity contribution < 1.29 is 13.6 Å². The summed E-state index contributed by atoms with van der Waals surface area (Å²) in [6.45, 7) is 4.92. The summed E-state index contributed by atoms with van der Waals surface area (Å²) in [4.78, 5) is 23.1. The highest BCUT2D eigenvalue weighted by atomic mass is 19.3. The van der Waals surface area contributed by atoms with Gasteiger partial charge in [0.15, 0.2) is 0 Å². The van der Waals surface area contributed by atoms with Crippen LogP contribution in [0.4, 0.5) is 26.1 Å². The molecule has 0 aliphatic rings. The number of aryl methyl sites for hydroxylation is 1. The molecule has 1 amide bonds. The minimum atomic E-state index is -3.17. The van der Waals surface area contributed by atoms with E-state index in [2.05, 4.69) is 30.7 Å². The van der Waals surface area contributed by atoms with Crippen molar-refractivity contribution in [1.29, 1.82) is 0 Å². The van der Waals surface area contributed by atoms with Gasteiger partial charge in [-0.05, 0) is 18.6 Å². The lowest BCUT2D eigenvalue weighted by molar-refractivity contribution is -0.114. The standard InChI is InChI=1S/C19H21F2N7O/c1-4-8-28-9-6-14(27-28)13-11-23-17(24-12(2)29)10-15(13)25-16-5-7-22-18(26-16)19(3,20)21/h5-7,9-11H,4,8H2,1-3H3,(H2,22,23,24,25,26,29). The van der Waals surface area contributed by atoms with Gasteiger partial charge in [-0.1, -0.05) is 6.92 Å². The van der Waals surface area contributed by atoms with E-state index in [9.17, 15) is 13.6 Å². The molecular formula is C19H21F2N7O. The Hall–Kier alpha value is -3.43. The molecule has 0 aromatic carbocycles. The third-order valence-corrected chi connectivity index (χ3v) is 3.89. The number of anilines is 3. The lowest BCUT2D eigenvalue weighted by atomic mass is 10.1. The highest BCUT2D eigenvalue weighted by molar-refractivity contribution is 5.89. The number of rotatable bonds is 7. The Kier molecular flexibility index (Phi) is 5.81. The van der Waals surface area contributed by atoms with Crippen LogP contribution in [0.1, 0.15) is 33.0 Å². The van der Waals surface area contributed by atoms with E-state index in [1.54, 1.807) is 16.9 Å². The van der Waals surface area contributed by atoms with E-state index in [1.165, 1.54) is 19.2 Å². The van der Waals surface area contributed by atoms with E-state index >= 15 is 0 Å². The number of halogens is 2. The fraction of sp³-hybridized carbons (Fsp3) is 0.316. The molecule has 0 aliphatic carbocycles. The summed E-state index contributed by atoms with van der Waals surface area (Å²) >= 11 is 0. The third kappa shape index (κ3) is 5.09. The number of hydrogen-bond donors (Lipinski definition) is 2. The van der Waals surface area contributed by atoms with Gasteiger partial charge in [0.1, 0.15) is 11.6 Å². The second-order valence-corrected chi connectivity index (χ2v) is 6.54. The van der Waals surface area contributed by atoms with Crippen molar-refractivity contribution >= 4 is 23.2 Å². The molecule has 2 N–H and O–H groups in total. The second-order valence-electron chi connectivity index (χ2n) is 6.54. The van der Waals surface area contributed by atoms with Gasteiger partial charge in [-0.2, -0.15) is 13.9 Å². The monoisotopic (exact) mass is 401 g/mol. The maximum atomic E-state index is 13.6. The molecule has 3 aromatic heterocycles. The molecule has 0 radical (unpaired) electrons. The summed E-state index contributed by atoms with van der Waals surface area (Å²) in [7, 11) is 0. The number of nitrogens with zero attached hydrogens (tertiary/aromatic N) is 5. The fourth-order valence-electron chi connectivity index (χ4n) is 2.65. The minimum absolute atomic E-state index is 0.186. The SMILES string of the molecule is CCCn1ccc(-c2cnc(NC(C)=O)cc2Nc2ccnc(C(C)(F)F)n2)n1. The van der Waals surface area contributed by atoms with Crippen LogP contribution < -0.4 is 10.6 Å². The Morgan fingerprint density at radius 3 is 2.72 bits per heavy atom. The normalized spacial score (nSPS) is 11.3. The largest absolute Gasteiger partial charge is 0.339 e. The highest BCUT2D eigenvalue weighted by Crippen LogP contribution is 2.31. The van der Waals surface area contributed by atoms with E-state index in [0.29, 0.717) is 22.8 Å². The molecule has 3 heterocycles. The lowest BCUT2D eigenvalue weighted by Crippen LogP contribution is -2.13. The van der Waals surface area contributed by atoms with Crippen LogP contribution in [0.15, 0.2) is 36.8 Å². The van der Waals surface area contributed by atoms with E-state index in [-0.39, 0.29) is 11.7 Å². The van der Waals surface area contributed by atoms with Crippen molar-refractivity contribution in [1.82, 2.24) is 24.7 Å². The number of amides is 1. The van der Waals surface area contributed by atoms with Gasteiger partial charge in [0.2, 0.25) is 11.7 Å². The summed E-state index contributed by atoms with van der Waals surface area (Å²) in [5, 5.41) is 10.1. The van der Waals surface area contributed by atoms with Crippen LogP contribution in [0.25, 0.3) is 11.3 Å². The van der Waals surface area contributed by atoms with Crippen molar-refractivity contribution in [2.75, 3.05) is 10.6 Å². The van der Waals surface area contributed by atoms with Crippen LogP contribution in [0, 0.1) is 0 Å². The predicted molar refractivity (Wildman–Crippen MR) is 105 cm³/mol. The molecule has 29 heavy (non-hydrogen) atoms. The summed E-state index contributed by atoms with van der Waals surface area (Å²) in [5.41, 5.74) is 1.80. The first-order valence-electron chi connectivity index (χ1n) is 9.06. The average Bonchev–Trinajstić information content (AvgIpc) is 3.10. The van der Waals surface area contributed by atoms with Crippen molar-refractivity contribution in [3.8, 4) is 11.3 Å². The zero-order valence-electron chi connectivity index (χ0n) is 16.3. The molecule has 3 aromatic rings. The zero-order valence-corrected chi connectivity index (χ0v) is 16.3. The molecule has 0 bridgehead atoms. The summed E-state index contributed by atoms with van der Waals surface area (Å²) in [5.74, 6) is -3.54. The third-order valence-electron chi connectivity index (χ3n) is 3.89. The average molecular weight is 401 g/mol. The smallest absolute Gasteiger partial charge is 0.303 e. The van der Waals surface area contributed by atoms with Crippen LogP contribution >= 0.6 is 0 Å². The number of pyridine rings is 1. The van der Waals surface area contributed by atoms with Gasteiger partial charge < -0.3 is 10.6 Å². The molecule has 0 aliphatic heterocycles. The molecule has 0 unspecified atom stereocenters. The van der Waals surface area contributed by atoms with E-state index in [1.807, 2.05) is 19.2 Å². The van der Waals surface area contributed by atoms with Gasteiger partial charge in [-0.25, -0.2) is 15.0 Å². The van der Waals surface area contributed by atoms with E-state index in [4.69, 9.17) is 0 Å². The van der Waals surface area contributed by atoms with Gasteiger partial charge in [-0.15, -0.1) is 0 Å². The number of nitrogens with one attached hydrogen (secondary N) is 2. The van der Waals surface area contributed by atoms with Gasteiger partial charge in [-0.3, -0.25) is 9.48 Å². The van der Waals surface area contributed by atoms with Crippen molar-refractivity contribution in [2.45, 2.75) is 39.7 Å². The van der Waals surface area contributed by atoms with E-state index in [0.717, 1.165) is 19.9 Å². The number of aromatic nitrogens is 5. The van der Waals surface area contributed by atoms with Crippen molar-refractivity contribution in [3.63, 3.8) is 0 Å². The van der Waals surface area contributed by atoms with Crippen LogP contribution in [0.2, 0.25) is 0 Å². The van der Waals surface area contributed by atoms with Crippen LogP contribution in [0.3, 0.4) is 0 Å². The molecule has 3 rings (SSSR count). The van der Waals surface area contributed by atoms with Crippen molar-refractivity contribution in [3.05, 3.63) is 42.6 Å². The number of carbonyl (C=O) groups is 1. The minimum Gasteiger partial charge on any atom is -0.339 e. The van der Waals surface area contributed by atoms with Crippen LogP contribution in [-0.4, -0.2) is 30.6 Å². The first-order valence-corrected chi connectivity index (χ1v) is 9.06. The molecule has 0 saturated carbocycles. The van der Waals surface area contributed by atoms with Crippen LogP contribution in [-0.2, 0) is 17.3 Å². The molecule has 0 atom stereocenters. The van der Waals surface area contributed by atoms with Gasteiger partial charge in [0.25, 0.3) is 0 Å². The number of hydrogen-bond acceptors (Lipinski definition) is 6. The molecular weight excluding hydrogens is 380 g/mol. The lowest BCUT2D eigenvalue weighted by Gasteiger charge is -2.14. The Balaban J connectivity index is 2.01. The van der Waals surface area contributed by atoms with Gasteiger partial charge >= 0.3 is 5.92 Å². The van der Waals surface area contributed by atoms with Gasteiger partial charge in [0, 0.05) is 50.6 Å². The predicted octanol–water partition coefficient (Wildman–Crippen LogP) is 3.96. The number of carbonyl (C=O) groups excluding carboxylic acids is 1. The zero-order chi connectivity index (χ0) is 21.0. The fourth-order valence-corrected chi connectivity index (χ4v) is 2.65.